The fraction of sp³-hybridized carbons (Fsp3) is 0.643. The highest BCUT2D eigenvalue weighted by Crippen LogP contribution is 2.37. The van der Waals surface area contributed by atoms with Gasteiger partial charge in [-0.05, 0) is 43.2 Å². The second kappa shape index (κ2) is 5.55. The van der Waals surface area contributed by atoms with E-state index in [9.17, 15) is 0 Å². The van der Waals surface area contributed by atoms with Crippen molar-refractivity contribution in [3.05, 3.63) is 29.6 Å². The lowest BCUT2D eigenvalue weighted by Gasteiger charge is -2.18. The number of hydrogen-bond donors (Lipinski definition) is 1. The average Bonchev–Trinajstić information content (AvgIpc) is 2.85. The van der Waals surface area contributed by atoms with Crippen molar-refractivity contribution in [2.45, 2.75) is 32.4 Å². The summed E-state index contributed by atoms with van der Waals surface area (Å²) in [5.74, 6) is 1.58. The highest BCUT2D eigenvalue weighted by molar-refractivity contribution is 5.85. The molecule has 3 unspecified atom stereocenters. The lowest BCUT2D eigenvalue weighted by atomic mass is 9.98. The first-order valence-electron chi connectivity index (χ1n) is 6.62. The van der Waals surface area contributed by atoms with Gasteiger partial charge < -0.3 is 5.73 Å². The van der Waals surface area contributed by atoms with Gasteiger partial charge in [-0.15, -0.1) is 12.4 Å². The molecule has 4 heteroatoms. The summed E-state index contributed by atoms with van der Waals surface area (Å²) in [6.07, 6.45) is 4.44. The van der Waals surface area contributed by atoms with Crippen LogP contribution in [-0.4, -0.2) is 29.0 Å². The summed E-state index contributed by atoms with van der Waals surface area (Å²) >= 11 is 0. The predicted molar refractivity (Wildman–Crippen MR) is 75.7 cm³/mol. The highest BCUT2D eigenvalue weighted by Gasteiger charge is 2.40. The van der Waals surface area contributed by atoms with E-state index in [-0.39, 0.29) is 12.4 Å². The third-order valence-electron chi connectivity index (χ3n) is 4.48. The molecule has 1 aromatic heterocycles. The standard InChI is InChI=1S/C14H21N3.ClH/c1-10-3-2-6-16-14(10)9-17-7-11-4-5-13(15)12(11)8-17;/h2-3,6,11-13H,4-5,7-9,15H2,1H3;1H. The van der Waals surface area contributed by atoms with Crippen LogP contribution in [0.3, 0.4) is 0 Å². The summed E-state index contributed by atoms with van der Waals surface area (Å²) in [6, 6.07) is 4.59. The van der Waals surface area contributed by atoms with Crippen LogP contribution in [-0.2, 0) is 6.54 Å². The van der Waals surface area contributed by atoms with E-state index in [4.69, 9.17) is 5.73 Å². The Balaban J connectivity index is 0.00000120. The zero-order chi connectivity index (χ0) is 11.8. The van der Waals surface area contributed by atoms with Gasteiger partial charge in [-0.1, -0.05) is 6.07 Å². The normalized spacial score (nSPS) is 31.1. The van der Waals surface area contributed by atoms with Gasteiger partial charge >= 0.3 is 0 Å². The van der Waals surface area contributed by atoms with Crippen LogP contribution in [0.5, 0.6) is 0 Å². The molecule has 1 aliphatic carbocycles. The lowest BCUT2D eigenvalue weighted by Crippen LogP contribution is -2.30. The molecular weight excluding hydrogens is 246 g/mol. The summed E-state index contributed by atoms with van der Waals surface area (Å²) < 4.78 is 0. The van der Waals surface area contributed by atoms with Gasteiger partial charge in [0.1, 0.15) is 0 Å². The molecule has 1 saturated carbocycles. The third kappa shape index (κ3) is 2.53. The minimum Gasteiger partial charge on any atom is -0.327 e. The Morgan fingerprint density at radius 1 is 1.39 bits per heavy atom. The topological polar surface area (TPSA) is 42.2 Å². The Bertz CT molecular complexity index is 410. The fourth-order valence-corrected chi connectivity index (χ4v) is 3.42. The van der Waals surface area contributed by atoms with E-state index in [0.29, 0.717) is 6.04 Å². The van der Waals surface area contributed by atoms with Gasteiger partial charge in [-0.25, -0.2) is 0 Å². The molecule has 0 aromatic carbocycles. The molecule has 2 N–H and O–H groups in total. The zero-order valence-electron chi connectivity index (χ0n) is 10.9. The third-order valence-corrected chi connectivity index (χ3v) is 4.48. The molecule has 100 valence electrons. The molecule has 0 spiro atoms. The van der Waals surface area contributed by atoms with Gasteiger partial charge in [0.25, 0.3) is 0 Å². The van der Waals surface area contributed by atoms with Crippen molar-refractivity contribution < 1.29 is 0 Å². The first kappa shape index (κ1) is 13.8. The Morgan fingerprint density at radius 3 is 2.94 bits per heavy atom. The molecule has 0 bridgehead atoms. The quantitative estimate of drug-likeness (QED) is 0.891. The molecule has 1 aromatic rings. The monoisotopic (exact) mass is 267 g/mol. The predicted octanol–water partition coefficient (Wildman–Crippen LogP) is 1.98. The smallest absolute Gasteiger partial charge is 0.0573 e. The number of aromatic nitrogens is 1. The van der Waals surface area contributed by atoms with Gasteiger partial charge in [0.05, 0.1) is 5.69 Å². The Kier molecular flexibility index (Phi) is 4.25. The Labute approximate surface area is 115 Å². The summed E-state index contributed by atoms with van der Waals surface area (Å²) in [6.45, 7) is 5.52. The van der Waals surface area contributed by atoms with Crippen LogP contribution in [0.25, 0.3) is 0 Å². The van der Waals surface area contributed by atoms with Gasteiger partial charge in [0.2, 0.25) is 0 Å². The van der Waals surface area contributed by atoms with Crippen molar-refractivity contribution in [3.8, 4) is 0 Å². The first-order valence-corrected chi connectivity index (χ1v) is 6.62. The number of nitrogens with zero attached hydrogens (tertiary/aromatic N) is 2. The molecule has 1 saturated heterocycles. The fourth-order valence-electron chi connectivity index (χ4n) is 3.42. The maximum Gasteiger partial charge on any atom is 0.0573 e. The molecular formula is C14H22ClN3. The van der Waals surface area contributed by atoms with Crippen molar-refractivity contribution in [1.82, 2.24) is 9.88 Å². The molecule has 0 amide bonds. The molecule has 3 rings (SSSR count). The second-order valence-electron chi connectivity index (χ2n) is 5.63. The van der Waals surface area contributed by atoms with E-state index >= 15 is 0 Å². The number of halogens is 1. The average molecular weight is 268 g/mol. The van der Waals surface area contributed by atoms with E-state index in [1.165, 1.54) is 37.2 Å². The Hall–Kier alpha value is -0.640. The number of nitrogens with two attached hydrogens (primary N) is 1. The molecule has 3 nitrogen and oxygen atoms in total. The number of fused-ring (bicyclic) bond motifs is 1. The molecule has 18 heavy (non-hydrogen) atoms. The van der Waals surface area contributed by atoms with Gasteiger partial charge in [0.15, 0.2) is 0 Å². The van der Waals surface area contributed by atoms with Crippen molar-refractivity contribution in [2.75, 3.05) is 13.1 Å². The summed E-state index contributed by atoms with van der Waals surface area (Å²) in [5.41, 5.74) is 8.69. The van der Waals surface area contributed by atoms with Crippen LogP contribution in [0.15, 0.2) is 18.3 Å². The maximum atomic E-state index is 6.16. The summed E-state index contributed by atoms with van der Waals surface area (Å²) in [7, 11) is 0. The Morgan fingerprint density at radius 2 is 2.22 bits per heavy atom. The SMILES string of the molecule is Cc1cccnc1CN1CC2CCC(N)C2C1.Cl. The number of hydrogen-bond acceptors (Lipinski definition) is 3. The molecule has 2 fully saturated rings. The molecule has 0 radical (unpaired) electrons. The van der Waals surface area contributed by atoms with Crippen molar-refractivity contribution in [1.29, 1.82) is 0 Å². The van der Waals surface area contributed by atoms with E-state index in [2.05, 4.69) is 22.9 Å². The zero-order valence-corrected chi connectivity index (χ0v) is 11.7. The molecule has 3 atom stereocenters. The van der Waals surface area contributed by atoms with Crippen LogP contribution in [0.1, 0.15) is 24.1 Å². The number of pyridine rings is 1. The van der Waals surface area contributed by atoms with Crippen LogP contribution < -0.4 is 5.73 Å². The maximum absolute atomic E-state index is 6.16. The van der Waals surface area contributed by atoms with Crippen molar-refractivity contribution in [3.63, 3.8) is 0 Å². The van der Waals surface area contributed by atoms with Crippen molar-refractivity contribution in [2.24, 2.45) is 17.6 Å². The highest BCUT2D eigenvalue weighted by atomic mass is 35.5. The second-order valence-corrected chi connectivity index (χ2v) is 5.63. The summed E-state index contributed by atoms with van der Waals surface area (Å²) in [5, 5.41) is 0. The van der Waals surface area contributed by atoms with Crippen LogP contribution in [0.4, 0.5) is 0 Å². The molecule has 1 aliphatic heterocycles. The number of likely N-dealkylation sites (tertiary alicyclic amines) is 1. The van der Waals surface area contributed by atoms with Gasteiger partial charge in [-0.2, -0.15) is 0 Å². The van der Waals surface area contributed by atoms with E-state index in [0.717, 1.165) is 18.4 Å². The van der Waals surface area contributed by atoms with Gasteiger partial charge in [0, 0.05) is 31.9 Å². The van der Waals surface area contributed by atoms with E-state index in [1.807, 2.05) is 12.3 Å². The number of aryl methyl sites for hydroxylation is 1. The molecule has 2 heterocycles. The van der Waals surface area contributed by atoms with E-state index < -0.39 is 0 Å². The van der Waals surface area contributed by atoms with E-state index in [1.54, 1.807) is 0 Å². The minimum atomic E-state index is 0. The lowest BCUT2D eigenvalue weighted by molar-refractivity contribution is 0.294. The largest absolute Gasteiger partial charge is 0.327 e. The van der Waals surface area contributed by atoms with Gasteiger partial charge in [-0.3, -0.25) is 9.88 Å². The minimum absolute atomic E-state index is 0. The van der Waals surface area contributed by atoms with Crippen LogP contribution in [0, 0.1) is 18.8 Å². The molecule has 2 aliphatic rings. The van der Waals surface area contributed by atoms with Crippen molar-refractivity contribution >= 4 is 12.4 Å². The summed E-state index contributed by atoms with van der Waals surface area (Å²) in [4.78, 5) is 7.01. The van der Waals surface area contributed by atoms with Crippen LogP contribution >= 0.6 is 12.4 Å². The number of rotatable bonds is 2. The first-order chi connectivity index (χ1) is 8.24. The van der Waals surface area contributed by atoms with Crippen LogP contribution in [0.2, 0.25) is 0 Å².